The van der Waals surface area contributed by atoms with Crippen LogP contribution in [0.3, 0.4) is 0 Å². The van der Waals surface area contributed by atoms with Crippen LogP contribution in [0.1, 0.15) is 6.92 Å². The molecular formula is C15H16N2O3. The van der Waals surface area contributed by atoms with Crippen molar-refractivity contribution in [1.82, 2.24) is 4.98 Å². The minimum Gasteiger partial charge on any atom is -0.467 e. The summed E-state index contributed by atoms with van der Waals surface area (Å²) in [6.07, 6.45) is 1.66. The summed E-state index contributed by atoms with van der Waals surface area (Å²) in [5.74, 6) is 0.845. The van der Waals surface area contributed by atoms with E-state index >= 15 is 0 Å². The van der Waals surface area contributed by atoms with Gasteiger partial charge in [0, 0.05) is 24.0 Å². The molecule has 1 N–H and O–H groups in total. The van der Waals surface area contributed by atoms with Gasteiger partial charge in [-0.25, -0.2) is 9.78 Å². The number of carbonyl (C=O) groups is 1. The molecule has 0 bridgehead atoms. The number of hydrogen-bond donors (Lipinski definition) is 1. The molecule has 0 aliphatic heterocycles. The third-order valence-corrected chi connectivity index (χ3v) is 2.63. The van der Waals surface area contributed by atoms with Crippen molar-refractivity contribution >= 4 is 11.7 Å². The molecule has 1 heterocycles. The Kier molecular flexibility index (Phi) is 4.55. The van der Waals surface area contributed by atoms with Crippen molar-refractivity contribution in [3.63, 3.8) is 0 Å². The average molecular weight is 272 g/mol. The quantitative estimate of drug-likeness (QED) is 0.848. The highest BCUT2D eigenvalue weighted by Gasteiger charge is 2.12. The molecule has 104 valence electrons. The lowest BCUT2D eigenvalue weighted by Crippen LogP contribution is -2.27. The molecule has 5 heteroatoms. The van der Waals surface area contributed by atoms with E-state index in [9.17, 15) is 4.79 Å². The predicted molar refractivity (Wildman–Crippen MR) is 75.9 cm³/mol. The summed E-state index contributed by atoms with van der Waals surface area (Å²) in [7, 11) is 1.36. The number of esters is 1. The molecule has 0 saturated carbocycles. The van der Waals surface area contributed by atoms with Crippen molar-refractivity contribution in [2.45, 2.75) is 13.0 Å². The van der Waals surface area contributed by atoms with Crippen LogP contribution in [-0.2, 0) is 9.53 Å². The molecule has 0 saturated heterocycles. The van der Waals surface area contributed by atoms with Crippen LogP contribution in [0.5, 0.6) is 11.6 Å². The van der Waals surface area contributed by atoms with Crippen molar-refractivity contribution in [1.29, 1.82) is 0 Å². The van der Waals surface area contributed by atoms with E-state index in [2.05, 4.69) is 15.0 Å². The van der Waals surface area contributed by atoms with E-state index in [1.54, 1.807) is 25.3 Å². The van der Waals surface area contributed by atoms with E-state index in [1.165, 1.54) is 7.11 Å². The lowest BCUT2D eigenvalue weighted by molar-refractivity contribution is -0.141. The Hall–Kier alpha value is -2.56. The number of benzene rings is 1. The summed E-state index contributed by atoms with van der Waals surface area (Å²) in [6, 6.07) is 12.3. The molecule has 1 atom stereocenters. The van der Waals surface area contributed by atoms with Gasteiger partial charge in [0.2, 0.25) is 5.88 Å². The molecule has 0 unspecified atom stereocenters. The monoisotopic (exact) mass is 272 g/mol. The first-order chi connectivity index (χ1) is 9.69. The number of carbonyl (C=O) groups excluding carboxylic acids is 1. The van der Waals surface area contributed by atoms with Gasteiger partial charge in [-0.05, 0) is 25.1 Å². The molecule has 1 aromatic heterocycles. The fourth-order valence-electron chi connectivity index (χ4n) is 1.66. The van der Waals surface area contributed by atoms with Gasteiger partial charge < -0.3 is 14.8 Å². The number of ether oxygens (including phenoxy) is 2. The van der Waals surface area contributed by atoms with Gasteiger partial charge in [0.05, 0.1) is 7.11 Å². The first-order valence-corrected chi connectivity index (χ1v) is 6.22. The van der Waals surface area contributed by atoms with Gasteiger partial charge >= 0.3 is 5.97 Å². The molecule has 2 aromatic rings. The summed E-state index contributed by atoms with van der Waals surface area (Å²) in [4.78, 5) is 15.5. The van der Waals surface area contributed by atoms with Crippen LogP contribution in [0.2, 0.25) is 0 Å². The summed E-state index contributed by atoms with van der Waals surface area (Å²) in [5, 5.41) is 3.04. The Morgan fingerprint density at radius 3 is 2.80 bits per heavy atom. The Morgan fingerprint density at radius 1 is 1.25 bits per heavy atom. The minimum absolute atomic E-state index is 0.318. The zero-order valence-electron chi connectivity index (χ0n) is 11.4. The normalized spacial score (nSPS) is 11.5. The van der Waals surface area contributed by atoms with Crippen LogP contribution >= 0.6 is 0 Å². The van der Waals surface area contributed by atoms with Crippen LogP contribution in [0, 0.1) is 0 Å². The lowest BCUT2D eigenvalue weighted by atomic mass is 10.2. The van der Waals surface area contributed by atoms with Crippen LogP contribution in [0.15, 0.2) is 48.7 Å². The Morgan fingerprint density at radius 2 is 2.10 bits per heavy atom. The van der Waals surface area contributed by atoms with Crippen molar-refractivity contribution in [2.75, 3.05) is 12.4 Å². The highest BCUT2D eigenvalue weighted by Crippen LogP contribution is 2.22. The van der Waals surface area contributed by atoms with E-state index in [0.29, 0.717) is 11.6 Å². The van der Waals surface area contributed by atoms with Crippen LogP contribution in [0.4, 0.5) is 5.69 Å². The Bertz CT molecular complexity index is 572. The number of nitrogens with zero attached hydrogens (tertiary/aromatic N) is 1. The van der Waals surface area contributed by atoms with Gasteiger partial charge in [0.15, 0.2) is 0 Å². The van der Waals surface area contributed by atoms with Gasteiger partial charge in [0.1, 0.15) is 11.8 Å². The Labute approximate surface area is 117 Å². The second kappa shape index (κ2) is 6.56. The van der Waals surface area contributed by atoms with E-state index < -0.39 is 6.04 Å². The molecule has 2 rings (SSSR count). The maximum atomic E-state index is 11.4. The van der Waals surface area contributed by atoms with Crippen molar-refractivity contribution < 1.29 is 14.3 Å². The largest absolute Gasteiger partial charge is 0.467 e. The highest BCUT2D eigenvalue weighted by molar-refractivity contribution is 5.78. The molecule has 0 aliphatic rings. The van der Waals surface area contributed by atoms with Crippen molar-refractivity contribution in [3.05, 3.63) is 48.7 Å². The van der Waals surface area contributed by atoms with E-state index in [4.69, 9.17) is 4.74 Å². The molecule has 5 nitrogen and oxygen atoms in total. The van der Waals surface area contributed by atoms with Crippen LogP contribution in [0.25, 0.3) is 0 Å². The summed E-state index contributed by atoms with van der Waals surface area (Å²) in [6.45, 7) is 1.73. The van der Waals surface area contributed by atoms with Crippen molar-refractivity contribution in [3.8, 4) is 11.6 Å². The average Bonchev–Trinajstić information content (AvgIpc) is 2.47. The van der Waals surface area contributed by atoms with Gasteiger partial charge in [-0.1, -0.05) is 12.1 Å². The fraction of sp³-hybridized carbons (Fsp3) is 0.200. The zero-order chi connectivity index (χ0) is 14.4. The standard InChI is InChI=1S/C15H16N2O3/c1-11(15(18)19-2)17-12-6-5-7-13(10-12)20-14-8-3-4-9-16-14/h3-11,17H,1-2H3/t11-/m1/s1. The number of anilines is 1. The molecule has 0 fully saturated rings. The topological polar surface area (TPSA) is 60.5 Å². The van der Waals surface area contributed by atoms with Gasteiger partial charge in [-0.15, -0.1) is 0 Å². The second-order valence-corrected chi connectivity index (χ2v) is 4.19. The van der Waals surface area contributed by atoms with Crippen LogP contribution < -0.4 is 10.1 Å². The number of nitrogens with one attached hydrogen (secondary N) is 1. The summed E-state index contributed by atoms with van der Waals surface area (Å²) in [5.41, 5.74) is 0.774. The molecule has 20 heavy (non-hydrogen) atoms. The third-order valence-electron chi connectivity index (χ3n) is 2.63. The summed E-state index contributed by atoms with van der Waals surface area (Å²) >= 11 is 0. The summed E-state index contributed by atoms with van der Waals surface area (Å²) < 4.78 is 10.3. The SMILES string of the molecule is COC(=O)[C@@H](C)Nc1cccc(Oc2ccccn2)c1. The molecule has 0 spiro atoms. The number of hydrogen-bond acceptors (Lipinski definition) is 5. The molecular weight excluding hydrogens is 256 g/mol. The number of methoxy groups -OCH3 is 1. The van der Waals surface area contributed by atoms with Crippen LogP contribution in [-0.4, -0.2) is 24.1 Å². The first kappa shape index (κ1) is 13.9. The molecule has 0 amide bonds. The van der Waals surface area contributed by atoms with Crippen molar-refractivity contribution in [2.24, 2.45) is 0 Å². The fourth-order valence-corrected chi connectivity index (χ4v) is 1.66. The molecule has 0 aliphatic carbocycles. The number of aromatic nitrogens is 1. The third kappa shape index (κ3) is 3.71. The molecule has 1 aromatic carbocycles. The Balaban J connectivity index is 2.06. The highest BCUT2D eigenvalue weighted by atomic mass is 16.5. The predicted octanol–water partition coefficient (Wildman–Crippen LogP) is 2.85. The van der Waals surface area contributed by atoms with E-state index in [-0.39, 0.29) is 5.97 Å². The minimum atomic E-state index is -0.426. The second-order valence-electron chi connectivity index (χ2n) is 4.19. The van der Waals surface area contributed by atoms with Gasteiger partial charge in [0.25, 0.3) is 0 Å². The maximum absolute atomic E-state index is 11.4. The maximum Gasteiger partial charge on any atom is 0.327 e. The lowest BCUT2D eigenvalue weighted by Gasteiger charge is -2.13. The zero-order valence-corrected chi connectivity index (χ0v) is 11.4. The van der Waals surface area contributed by atoms with Gasteiger partial charge in [-0.2, -0.15) is 0 Å². The van der Waals surface area contributed by atoms with E-state index in [0.717, 1.165) is 5.69 Å². The first-order valence-electron chi connectivity index (χ1n) is 6.22. The number of rotatable bonds is 5. The molecule has 0 radical (unpaired) electrons. The smallest absolute Gasteiger partial charge is 0.327 e. The number of pyridine rings is 1. The van der Waals surface area contributed by atoms with Gasteiger partial charge in [-0.3, -0.25) is 0 Å². The van der Waals surface area contributed by atoms with E-state index in [1.807, 2.05) is 30.3 Å².